The summed E-state index contributed by atoms with van der Waals surface area (Å²) in [6, 6.07) is 0. The lowest BCUT2D eigenvalue weighted by Crippen LogP contribution is -2.51. The number of aliphatic hydroxyl groups is 1. The molecule has 1 rings (SSSR count). The van der Waals surface area contributed by atoms with Gasteiger partial charge in [-0.25, -0.2) is 4.79 Å². The van der Waals surface area contributed by atoms with Crippen LogP contribution in [-0.4, -0.2) is 54.1 Å². The van der Waals surface area contributed by atoms with Crippen LogP contribution in [0.5, 0.6) is 0 Å². The molecule has 0 radical (unpaired) electrons. The molecule has 5 nitrogen and oxygen atoms in total. The maximum Gasteiger partial charge on any atom is 0.410 e. The minimum absolute atomic E-state index is 0.00909. The zero-order valence-electron chi connectivity index (χ0n) is 14.1. The van der Waals surface area contributed by atoms with Gasteiger partial charge in [0.1, 0.15) is 5.60 Å². The lowest BCUT2D eigenvalue weighted by molar-refractivity contribution is -0.0620. The van der Waals surface area contributed by atoms with E-state index in [4.69, 9.17) is 9.47 Å². The summed E-state index contributed by atoms with van der Waals surface area (Å²) < 4.78 is 11.0. The summed E-state index contributed by atoms with van der Waals surface area (Å²) in [5.74, 6) is -0.0391. The van der Waals surface area contributed by atoms with Crippen molar-refractivity contribution in [1.82, 2.24) is 4.90 Å². The predicted octanol–water partition coefficient (Wildman–Crippen LogP) is 2.81. The second kappa shape index (κ2) is 7.99. The summed E-state index contributed by atoms with van der Waals surface area (Å²) >= 11 is 0. The number of rotatable bonds is 5. The zero-order chi connectivity index (χ0) is 16.0. The molecule has 5 heteroatoms. The first kappa shape index (κ1) is 18.2. The Labute approximate surface area is 128 Å². The quantitative estimate of drug-likeness (QED) is 0.848. The summed E-state index contributed by atoms with van der Waals surface area (Å²) in [5.41, 5.74) is -0.495. The van der Waals surface area contributed by atoms with Crippen LogP contribution in [0.1, 0.15) is 53.4 Å². The first-order valence-electron chi connectivity index (χ1n) is 7.97. The molecule has 1 aliphatic rings. The van der Waals surface area contributed by atoms with Crippen LogP contribution in [0.4, 0.5) is 4.79 Å². The topological polar surface area (TPSA) is 59.0 Å². The van der Waals surface area contributed by atoms with Crippen molar-refractivity contribution in [1.29, 1.82) is 0 Å². The Bertz CT molecular complexity index is 327. The van der Waals surface area contributed by atoms with E-state index in [1.54, 1.807) is 12.0 Å². The van der Waals surface area contributed by atoms with Crippen LogP contribution in [0.15, 0.2) is 0 Å². The normalized spacial score (nSPS) is 24.8. The molecule has 1 fully saturated rings. The van der Waals surface area contributed by atoms with Crippen molar-refractivity contribution in [3.8, 4) is 0 Å². The Hall–Kier alpha value is -0.810. The first-order chi connectivity index (χ1) is 9.78. The fraction of sp³-hybridized carbons (Fsp3) is 0.938. The molecular formula is C16H31NO4. The molecule has 1 amide bonds. The monoisotopic (exact) mass is 301 g/mol. The summed E-state index contributed by atoms with van der Waals surface area (Å²) in [6.07, 6.45) is 2.93. The maximum absolute atomic E-state index is 12.2. The van der Waals surface area contributed by atoms with E-state index >= 15 is 0 Å². The lowest BCUT2D eigenvalue weighted by Gasteiger charge is -2.40. The summed E-state index contributed by atoms with van der Waals surface area (Å²) in [7, 11) is 1.68. The van der Waals surface area contributed by atoms with Crippen LogP contribution in [-0.2, 0) is 9.47 Å². The number of hydrogen-bond donors (Lipinski definition) is 1. The molecule has 0 bridgehead atoms. The molecule has 0 aromatic rings. The van der Waals surface area contributed by atoms with Crippen LogP contribution >= 0.6 is 0 Å². The molecule has 21 heavy (non-hydrogen) atoms. The minimum atomic E-state index is -0.495. The Morgan fingerprint density at radius 1 is 1.43 bits per heavy atom. The second-order valence-corrected chi connectivity index (χ2v) is 6.86. The third kappa shape index (κ3) is 5.83. The van der Waals surface area contributed by atoms with Gasteiger partial charge in [-0.3, -0.25) is 0 Å². The number of carbonyl (C=O) groups is 1. The lowest BCUT2D eigenvalue weighted by atomic mass is 9.87. The average Bonchev–Trinajstić information content (AvgIpc) is 2.39. The van der Waals surface area contributed by atoms with E-state index < -0.39 is 11.7 Å². The largest absolute Gasteiger partial charge is 0.444 e. The molecule has 3 atom stereocenters. The van der Waals surface area contributed by atoms with Gasteiger partial charge in [-0.1, -0.05) is 19.8 Å². The molecule has 3 unspecified atom stereocenters. The maximum atomic E-state index is 12.2. The molecule has 1 heterocycles. The number of hydrogen-bond acceptors (Lipinski definition) is 4. The van der Waals surface area contributed by atoms with Crippen molar-refractivity contribution in [3.63, 3.8) is 0 Å². The Balaban J connectivity index is 2.66. The van der Waals surface area contributed by atoms with Gasteiger partial charge in [-0.05, 0) is 33.6 Å². The smallest absolute Gasteiger partial charge is 0.410 e. The van der Waals surface area contributed by atoms with Crippen molar-refractivity contribution in [2.24, 2.45) is 5.92 Å². The number of nitrogens with zero attached hydrogens (tertiary/aromatic N) is 1. The summed E-state index contributed by atoms with van der Waals surface area (Å²) in [4.78, 5) is 13.9. The van der Waals surface area contributed by atoms with Crippen LogP contribution in [0, 0.1) is 5.92 Å². The van der Waals surface area contributed by atoms with Gasteiger partial charge in [0.25, 0.3) is 0 Å². The number of likely N-dealkylation sites (tertiary alicyclic amines) is 1. The SMILES string of the molecule is CCCCC(OC)C1CN(C(=O)OC(C)(C)C)CCC1O. The highest BCUT2D eigenvalue weighted by atomic mass is 16.6. The molecule has 1 saturated heterocycles. The van der Waals surface area contributed by atoms with E-state index in [1.165, 1.54) is 0 Å². The van der Waals surface area contributed by atoms with Crippen LogP contribution < -0.4 is 0 Å². The fourth-order valence-electron chi connectivity index (χ4n) is 2.74. The van der Waals surface area contributed by atoms with Crippen molar-refractivity contribution in [3.05, 3.63) is 0 Å². The molecule has 0 saturated carbocycles. The van der Waals surface area contributed by atoms with Gasteiger partial charge in [0.05, 0.1) is 12.2 Å². The highest BCUT2D eigenvalue weighted by Gasteiger charge is 2.36. The van der Waals surface area contributed by atoms with Gasteiger partial charge in [-0.2, -0.15) is 0 Å². The number of amides is 1. The molecule has 124 valence electrons. The van der Waals surface area contributed by atoms with Gasteiger partial charge in [0.2, 0.25) is 0 Å². The molecule has 1 aliphatic heterocycles. The van der Waals surface area contributed by atoms with E-state index in [0.717, 1.165) is 19.3 Å². The van der Waals surface area contributed by atoms with Crippen molar-refractivity contribution >= 4 is 6.09 Å². The van der Waals surface area contributed by atoms with Crippen LogP contribution in [0.2, 0.25) is 0 Å². The summed E-state index contributed by atoms with van der Waals surface area (Å²) in [5, 5.41) is 10.2. The Kier molecular flexibility index (Phi) is 6.94. The predicted molar refractivity (Wildman–Crippen MR) is 82.2 cm³/mol. The Morgan fingerprint density at radius 2 is 2.10 bits per heavy atom. The molecule has 1 N–H and O–H groups in total. The highest BCUT2D eigenvalue weighted by molar-refractivity contribution is 5.68. The van der Waals surface area contributed by atoms with Gasteiger partial charge >= 0.3 is 6.09 Å². The Morgan fingerprint density at radius 3 is 2.62 bits per heavy atom. The standard InChI is InChI=1S/C16H31NO4/c1-6-7-8-14(20-5)12-11-17(10-9-13(12)18)15(19)21-16(2,3)4/h12-14,18H,6-11H2,1-5H3. The zero-order valence-corrected chi connectivity index (χ0v) is 14.1. The number of methoxy groups -OCH3 is 1. The van der Waals surface area contributed by atoms with Crippen molar-refractivity contribution in [2.75, 3.05) is 20.2 Å². The minimum Gasteiger partial charge on any atom is -0.444 e. The molecule has 0 aromatic heterocycles. The first-order valence-corrected chi connectivity index (χ1v) is 7.97. The van der Waals surface area contributed by atoms with Crippen LogP contribution in [0.25, 0.3) is 0 Å². The third-order valence-corrected chi connectivity index (χ3v) is 3.89. The van der Waals surface area contributed by atoms with Gasteiger partial charge in [0.15, 0.2) is 0 Å². The second-order valence-electron chi connectivity index (χ2n) is 6.86. The van der Waals surface area contributed by atoms with E-state index in [2.05, 4.69) is 6.92 Å². The van der Waals surface area contributed by atoms with Gasteiger partial charge in [-0.15, -0.1) is 0 Å². The third-order valence-electron chi connectivity index (χ3n) is 3.89. The van der Waals surface area contributed by atoms with E-state index in [0.29, 0.717) is 19.5 Å². The number of ether oxygens (including phenoxy) is 2. The number of piperidine rings is 1. The highest BCUT2D eigenvalue weighted by Crippen LogP contribution is 2.26. The van der Waals surface area contributed by atoms with Crippen LogP contribution in [0.3, 0.4) is 0 Å². The number of aliphatic hydroxyl groups excluding tert-OH is 1. The molecular weight excluding hydrogens is 270 g/mol. The number of carbonyl (C=O) groups excluding carboxylic acids is 1. The van der Waals surface area contributed by atoms with E-state index in [-0.39, 0.29) is 18.1 Å². The summed E-state index contributed by atoms with van der Waals surface area (Å²) in [6.45, 7) is 8.76. The van der Waals surface area contributed by atoms with E-state index in [9.17, 15) is 9.90 Å². The van der Waals surface area contributed by atoms with Crippen molar-refractivity contribution < 1.29 is 19.4 Å². The van der Waals surface area contributed by atoms with Crippen molar-refractivity contribution in [2.45, 2.75) is 71.2 Å². The molecule has 0 aliphatic carbocycles. The van der Waals surface area contributed by atoms with Gasteiger partial charge in [0, 0.05) is 26.1 Å². The average molecular weight is 301 g/mol. The molecule has 0 spiro atoms. The van der Waals surface area contributed by atoms with Gasteiger partial charge < -0.3 is 19.5 Å². The molecule has 0 aromatic carbocycles. The fourth-order valence-corrected chi connectivity index (χ4v) is 2.74. The number of unbranched alkanes of at least 4 members (excludes halogenated alkanes) is 1. The van der Waals surface area contributed by atoms with E-state index in [1.807, 2.05) is 20.8 Å².